The third-order valence-electron chi connectivity index (χ3n) is 6.59. The first-order valence-electron chi connectivity index (χ1n) is 11.2. The van der Waals surface area contributed by atoms with Gasteiger partial charge in [0.2, 0.25) is 0 Å². The molecule has 2 saturated heterocycles. The van der Waals surface area contributed by atoms with Gasteiger partial charge in [-0.25, -0.2) is 4.98 Å². The number of anilines is 1. The van der Waals surface area contributed by atoms with Crippen molar-refractivity contribution in [1.82, 2.24) is 19.4 Å². The molecule has 0 saturated carbocycles. The van der Waals surface area contributed by atoms with Gasteiger partial charge in [-0.2, -0.15) is 0 Å². The predicted molar refractivity (Wildman–Crippen MR) is 127 cm³/mol. The van der Waals surface area contributed by atoms with Crippen LogP contribution in [-0.2, 0) is 6.54 Å². The Morgan fingerprint density at radius 1 is 1.06 bits per heavy atom. The van der Waals surface area contributed by atoms with Gasteiger partial charge in [-0.05, 0) is 55.8 Å². The molecule has 0 N–H and O–H groups in total. The predicted octanol–water partition coefficient (Wildman–Crippen LogP) is 3.73. The summed E-state index contributed by atoms with van der Waals surface area (Å²) in [6.07, 6.45) is 6.61. The highest BCUT2D eigenvalue weighted by atomic mass is 32.1. The van der Waals surface area contributed by atoms with Crippen molar-refractivity contribution in [3.8, 4) is 10.9 Å². The molecule has 164 valence electrons. The smallest absolute Gasteiger partial charge is 0.193 e. The van der Waals surface area contributed by atoms with Crippen molar-refractivity contribution in [1.29, 1.82) is 0 Å². The molecule has 5 rings (SSSR count). The van der Waals surface area contributed by atoms with Gasteiger partial charge in [0.15, 0.2) is 5.13 Å². The van der Waals surface area contributed by atoms with E-state index in [1.807, 2.05) is 11.6 Å². The van der Waals surface area contributed by atoms with Crippen LogP contribution in [0.4, 0.5) is 5.69 Å². The minimum atomic E-state index is 0.662. The van der Waals surface area contributed by atoms with E-state index >= 15 is 0 Å². The molecular weight excluding hydrogens is 406 g/mol. The molecule has 0 aliphatic carbocycles. The number of methoxy groups -OCH3 is 1. The summed E-state index contributed by atoms with van der Waals surface area (Å²) >= 11 is 1.69. The van der Waals surface area contributed by atoms with Crippen molar-refractivity contribution in [2.45, 2.75) is 25.4 Å². The van der Waals surface area contributed by atoms with Crippen molar-refractivity contribution in [2.75, 3.05) is 51.3 Å². The zero-order valence-corrected chi connectivity index (χ0v) is 19.0. The molecule has 4 heterocycles. The molecule has 1 unspecified atom stereocenters. The van der Waals surface area contributed by atoms with Crippen LogP contribution in [0.25, 0.3) is 5.13 Å². The molecule has 3 aromatic rings. The van der Waals surface area contributed by atoms with Crippen LogP contribution in [0, 0.1) is 0 Å². The second kappa shape index (κ2) is 9.42. The van der Waals surface area contributed by atoms with Gasteiger partial charge in [0.25, 0.3) is 0 Å². The number of likely N-dealkylation sites (tertiary alicyclic amines) is 1. The lowest BCUT2D eigenvalue weighted by molar-refractivity contribution is 0.0878. The van der Waals surface area contributed by atoms with Crippen LogP contribution >= 0.6 is 11.3 Å². The van der Waals surface area contributed by atoms with Crippen molar-refractivity contribution in [3.63, 3.8) is 0 Å². The molecule has 2 aliphatic rings. The second-order valence-electron chi connectivity index (χ2n) is 8.44. The quantitative estimate of drug-likeness (QED) is 0.587. The first-order valence-corrected chi connectivity index (χ1v) is 12.1. The Morgan fingerprint density at radius 3 is 2.65 bits per heavy atom. The molecule has 1 aromatic carbocycles. The zero-order valence-electron chi connectivity index (χ0n) is 18.2. The summed E-state index contributed by atoms with van der Waals surface area (Å²) in [5.74, 6) is 0.922. The van der Waals surface area contributed by atoms with E-state index in [1.54, 1.807) is 18.4 Å². The van der Waals surface area contributed by atoms with E-state index in [-0.39, 0.29) is 0 Å². The third-order valence-corrected chi connectivity index (χ3v) is 7.36. The van der Waals surface area contributed by atoms with E-state index in [9.17, 15) is 0 Å². The normalized spacial score (nSPS) is 20.8. The average molecular weight is 438 g/mol. The number of ether oxygens (including phenoxy) is 1. The van der Waals surface area contributed by atoms with Crippen LogP contribution in [0.3, 0.4) is 0 Å². The number of piperidine rings is 1. The Balaban J connectivity index is 1.17. The van der Waals surface area contributed by atoms with Crippen molar-refractivity contribution in [3.05, 3.63) is 59.9 Å². The summed E-state index contributed by atoms with van der Waals surface area (Å²) in [5, 5.41) is 3.10. The fourth-order valence-corrected chi connectivity index (χ4v) is 5.56. The van der Waals surface area contributed by atoms with Crippen LogP contribution < -0.4 is 9.64 Å². The van der Waals surface area contributed by atoms with Crippen molar-refractivity contribution in [2.24, 2.45) is 0 Å². The van der Waals surface area contributed by atoms with E-state index in [0.717, 1.165) is 50.1 Å². The largest absolute Gasteiger partial charge is 0.497 e. The Kier molecular flexibility index (Phi) is 6.25. The fourth-order valence-electron chi connectivity index (χ4n) is 4.91. The lowest BCUT2D eigenvalue weighted by Gasteiger charge is -2.44. The summed E-state index contributed by atoms with van der Waals surface area (Å²) < 4.78 is 7.53. The van der Waals surface area contributed by atoms with Gasteiger partial charge in [0, 0.05) is 74.5 Å². The number of hydrogen-bond donors (Lipinski definition) is 0. The maximum atomic E-state index is 5.29. The summed E-state index contributed by atoms with van der Waals surface area (Å²) in [4.78, 5) is 12.3. The van der Waals surface area contributed by atoms with E-state index in [4.69, 9.17) is 4.74 Å². The molecule has 7 heteroatoms. The first-order chi connectivity index (χ1) is 15.3. The average Bonchev–Trinajstić information content (AvgIpc) is 3.51. The van der Waals surface area contributed by atoms with Gasteiger partial charge < -0.3 is 9.64 Å². The molecule has 6 nitrogen and oxygen atoms in total. The highest BCUT2D eigenvalue weighted by molar-refractivity contribution is 7.12. The van der Waals surface area contributed by atoms with Crippen LogP contribution in [0.1, 0.15) is 18.5 Å². The highest BCUT2D eigenvalue weighted by Crippen LogP contribution is 2.24. The van der Waals surface area contributed by atoms with E-state index < -0.39 is 0 Å². The van der Waals surface area contributed by atoms with Gasteiger partial charge >= 0.3 is 0 Å². The molecule has 2 aliphatic heterocycles. The number of hydrogen-bond acceptors (Lipinski definition) is 6. The van der Waals surface area contributed by atoms with Gasteiger partial charge in [-0.1, -0.05) is 0 Å². The molecule has 0 spiro atoms. The van der Waals surface area contributed by atoms with Gasteiger partial charge in [-0.3, -0.25) is 14.4 Å². The standard InChI is InChI=1S/C24H31N5OS/c1-30-23-8-6-20(7-9-23)27-13-15-28(16-14-27)21-4-2-11-26(18-21)19-22-5-3-12-29(22)24-25-10-17-31-24/h3,5-10,12,17,21H,2,4,11,13-16,18-19H2,1H3. The Hall–Kier alpha value is -2.35. The number of piperazine rings is 1. The summed E-state index contributed by atoms with van der Waals surface area (Å²) in [6, 6.07) is 13.5. The number of nitrogens with zero attached hydrogens (tertiary/aromatic N) is 5. The van der Waals surface area contributed by atoms with Crippen molar-refractivity contribution >= 4 is 17.0 Å². The minimum Gasteiger partial charge on any atom is -0.497 e. The molecule has 31 heavy (non-hydrogen) atoms. The molecule has 0 bridgehead atoms. The van der Waals surface area contributed by atoms with E-state index in [0.29, 0.717) is 6.04 Å². The van der Waals surface area contributed by atoms with Crippen molar-refractivity contribution < 1.29 is 4.74 Å². The fraction of sp³-hybridized carbons (Fsp3) is 0.458. The SMILES string of the molecule is COc1ccc(N2CCN(C3CCCN(Cc4cccn4-c4nccs4)C3)CC2)cc1. The lowest BCUT2D eigenvalue weighted by Crippen LogP contribution is -2.55. The minimum absolute atomic E-state index is 0.662. The maximum Gasteiger partial charge on any atom is 0.193 e. The van der Waals surface area contributed by atoms with Crippen LogP contribution in [0.5, 0.6) is 5.75 Å². The Bertz CT molecular complexity index is 947. The number of thiazole rings is 1. The topological polar surface area (TPSA) is 36.8 Å². The van der Waals surface area contributed by atoms with Gasteiger partial charge in [0.05, 0.1) is 7.11 Å². The first kappa shape index (κ1) is 20.5. The second-order valence-corrected chi connectivity index (χ2v) is 9.31. The summed E-state index contributed by atoms with van der Waals surface area (Å²) in [6.45, 7) is 7.80. The van der Waals surface area contributed by atoms with E-state index in [1.165, 1.54) is 30.8 Å². The summed E-state index contributed by atoms with van der Waals surface area (Å²) in [7, 11) is 1.72. The third kappa shape index (κ3) is 4.63. The summed E-state index contributed by atoms with van der Waals surface area (Å²) in [5.41, 5.74) is 2.63. The van der Waals surface area contributed by atoms with Gasteiger partial charge in [0.1, 0.15) is 5.75 Å². The highest BCUT2D eigenvalue weighted by Gasteiger charge is 2.28. The molecule has 2 aromatic heterocycles. The zero-order chi connectivity index (χ0) is 21.0. The van der Waals surface area contributed by atoms with Gasteiger partial charge in [-0.15, -0.1) is 11.3 Å². The number of rotatable bonds is 6. The Labute approximate surface area is 188 Å². The van der Waals surface area contributed by atoms with Crippen LogP contribution in [-0.4, -0.2) is 71.8 Å². The Morgan fingerprint density at radius 2 is 1.90 bits per heavy atom. The van der Waals surface area contributed by atoms with E-state index in [2.05, 4.69) is 66.8 Å². The molecule has 2 fully saturated rings. The van der Waals surface area contributed by atoms with Crippen LogP contribution in [0.15, 0.2) is 54.2 Å². The lowest BCUT2D eigenvalue weighted by atomic mass is 10.0. The maximum absolute atomic E-state index is 5.29. The van der Waals surface area contributed by atoms with Crippen LogP contribution in [0.2, 0.25) is 0 Å². The molecule has 0 radical (unpaired) electrons. The number of benzene rings is 1. The molecule has 0 amide bonds. The monoisotopic (exact) mass is 437 g/mol. The number of aromatic nitrogens is 2. The molecule has 1 atom stereocenters. The molecular formula is C24H31N5OS.